The van der Waals surface area contributed by atoms with Crippen LogP contribution in [-0.4, -0.2) is 24.5 Å². The van der Waals surface area contributed by atoms with Crippen LogP contribution in [0.1, 0.15) is 20.7 Å². The molecule has 0 aliphatic rings. The molecule has 1 aromatic rings. The summed E-state index contributed by atoms with van der Waals surface area (Å²) in [6.07, 6.45) is 0.667. The number of Topliss-reactive ketones (excluding diaryl/α,β-unsaturated/α-hetero) is 1. The first-order valence-corrected chi connectivity index (χ1v) is 6.26. The molecule has 0 atom stereocenters. The van der Waals surface area contributed by atoms with Crippen molar-refractivity contribution in [3.05, 3.63) is 26.8 Å². The maximum atomic E-state index is 11.6. The van der Waals surface area contributed by atoms with Crippen molar-refractivity contribution in [1.29, 1.82) is 0 Å². The average Bonchev–Trinajstić information content (AvgIpc) is 2.26. The standard InChI is InChI=1S/C10H8BrIO3/c1-15-9-3-7(12)2-6(5-13)10(9)8(14)4-11/h2-3,5H,4H2,1H3. The van der Waals surface area contributed by atoms with Crippen LogP contribution in [0.15, 0.2) is 12.1 Å². The van der Waals surface area contributed by atoms with Crippen LogP contribution in [0.5, 0.6) is 5.75 Å². The fourth-order valence-electron chi connectivity index (χ4n) is 1.22. The van der Waals surface area contributed by atoms with Crippen LogP contribution >= 0.6 is 38.5 Å². The van der Waals surface area contributed by atoms with Gasteiger partial charge in [-0.3, -0.25) is 9.59 Å². The van der Waals surface area contributed by atoms with Crippen molar-refractivity contribution in [2.75, 3.05) is 12.4 Å². The van der Waals surface area contributed by atoms with E-state index in [1.165, 1.54) is 7.11 Å². The van der Waals surface area contributed by atoms with Gasteiger partial charge in [0.2, 0.25) is 0 Å². The van der Waals surface area contributed by atoms with Gasteiger partial charge in [0, 0.05) is 9.13 Å². The number of ketones is 1. The monoisotopic (exact) mass is 382 g/mol. The van der Waals surface area contributed by atoms with E-state index in [0.29, 0.717) is 23.2 Å². The van der Waals surface area contributed by atoms with Crippen LogP contribution in [-0.2, 0) is 0 Å². The number of carbonyl (C=O) groups excluding carboxylic acids is 2. The Labute approximate surface area is 109 Å². The molecule has 0 bridgehead atoms. The maximum absolute atomic E-state index is 11.6. The van der Waals surface area contributed by atoms with Gasteiger partial charge in [0.05, 0.1) is 18.0 Å². The highest BCUT2D eigenvalue weighted by Gasteiger charge is 2.16. The third kappa shape index (κ3) is 2.78. The maximum Gasteiger partial charge on any atom is 0.177 e. The van der Waals surface area contributed by atoms with Gasteiger partial charge in [0.15, 0.2) is 12.1 Å². The summed E-state index contributed by atoms with van der Waals surface area (Å²) in [6, 6.07) is 3.38. The van der Waals surface area contributed by atoms with E-state index in [0.717, 1.165) is 3.57 Å². The molecule has 0 amide bonds. The molecule has 0 aliphatic heterocycles. The molecule has 0 aromatic heterocycles. The molecule has 0 saturated carbocycles. The van der Waals surface area contributed by atoms with Crippen LogP contribution in [0.4, 0.5) is 0 Å². The van der Waals surface area contributed by atoms with Gasteiger partial charge in [-0.05, 0) is 34.7 Å². The summed E-state index contributed by atoms with van der Waals surface area (Å²) < 4.78 is 5.95. The van der Waals surface area contributed by atoms with E-state index < -0.39 is 0 Å². The van der Waals surface area contributed by atoms with E-state index in [4.69, 9.17) is 4.74 Å². The van der Waals surface area contributed by atoms with Gasteiger partial charge < -0.3 is 4.74 Å². The molecule has 0 aliphatic carbocycles. The number of halogens is 2. The molecule has 5 heteroatoms. The summed E-state index contributed by atoms with van der Waals surface area (Å²) in [4.78, 5) is 22.4. The summed E-state index contributed by atoms with van der Waals surface area (Å²) in [5.41, 5.74) is 0.702. The Morgan fingerprint density at radius 1 is 1.60 bits per heavy atom. The highest BCUT2D eigenvalue weighted by Crippen LogP contribution is 2.25. The van der Waals surface area contributed by atoms with Gasteiger partial charge in [-0.2, -0.15) is 0 Å². The first-order valence-electron chi connectivity index (χ1n) is 4.06. The van der Waals surface area contributed by atoms with Gasteiger partial charge in [-0.25, -0.2) is 0 Å². The second kappa shape index (κ2) is 5.60. The SMILES string of the molecule is COc1cc(I)cc(C=O)c1C(=O)CBr. The molecule has 3 nitrogen and oxygen atoms in total. The lowest BCUT2D eigenvalue weighted by Gasteiger charge is -2.09. The molecular weight excluding hydrogens is 375 g/mol. The predicted molar refractivity (Wildman–Crippen MR) is 69.2 cm³/mol. The van der Waals surface area contributed by atoms with Crippen molar-refractivity contribution in [3.8, 4) is 5.75 Å². The number of hydrogen-bond donors (Lipinski definition) is 0. The molecule has 0 fully saturated rings. The normalized spacial score (nSPS) is 9.80. The van der Waals surface area contributed by atoms with E-state index in [9.17, 15) is 9.59 Å². The number of carbonyl (C=O) groups is 2. The van der Waals surface area contributed by atoms with Gasteiger partial charge in [0.1, 0.15) is 5.75 Å². The van der Waals surface area contributed by atoms with Gasteiger partial charge >= 0.3 is 0 Å². The number of aldehydes is 1. The molecule has 1 aromatic carbocycles. The van der Waals surface area contributed by atoms with Gasteiger partial charge in [-0.1, -0.05) is 15.9 Å². The fraction of sp³-hybridized carbons (Fsp3) is 0.200. The summed E-state index contributed by atoms with van der Waals surface area (Å²) in [7, 11) is 1.48. The minimum atomic E-state index is -0.162. The smallest absolute Gasteiger partial charge is 0.177 e. The lowest BCUT2D eigenvalue weighted by molar-refractivity contribution is 0.101. The predicted octanol–water partition coefficient (Wildman–Crippen LogP) is 2.69. The molecule has 1 rings (SSSR count). The van der Waals surface area contributed by atoms with Crippen molar-refractivity contribution in [1.82, 2.24) is 0 Å². The Morgan fingerprint density at radius 2 is 2.27 bits per heavy atom. The molecular formula is C10H8BrIO3. The van der Waals surface area contributed by atoms with Crippen LogP contribution in [0, 0.1) is 3.57 Å². The van der Waals surface area contributed by atoms with Gasteiger partial charge in [-0.15, -0.1) is 0 Å². The molecule has 0 unspecified atom stereocenters. The lowest BCUT2D eigenvalue weighted by Crippen LogP contribution is -2.07. The molecule has 0 N–H and O–H groups in total. The zero-order valence-electron chi connectivity index (χ0n) is 7.92. The minimum absolute atomic E-state index is 0.162. The molecule has 0 spiro atoms. The summed E-state index contributed by atoms with van der Waals surface area (Å²) in [5, 5.41) is 0.171. The van der Waals surface area contributed by atoms with E-state index in [-0.39, 0.29) is 11.1 Å². The van der Waals surface area contributed by atoms with Crippen molar-refractivity contribution >= 4 is 50.6 Å². The topological polar surface area (TPSA) is 43.4 Å². The van der Waals surface area contributed by atoms with E-state index >= 15 is 0 Å². The Bertz CT molecular complexity index is 404. The lowest BCUT2D eigenvalue weighted by atomic mass is 10.0. The second-order valence-corrected chi connectivity index (χ2v) is 4.55. The second-order valence-electron chi connectivity index (χ2n) is 2.75. The van der Waals surface area contributed by atoms with Crippen molar-refractivity contribution in [2.24, 2.45) is 0 Å². The largest absolute Gasteiger partial charge is 0.496 e. The highest BCUT2D eigenvalue weighted by atomic mass is 127. The third-order valence-electron chi connectivity index (χ3n) is 1.84. The highest BCUT2D eigenvalue weighted by molar-refractivity contribution is 14.1. The summed E-state index contributed by atoms with van der Waals surface area (Å²) in [6.45, 7) is 0. The zero-order valence-corrected chi connectivity index (χ0v) is 11.7. The number of alkyl halides is 1. The fourth-order valence-corrected chi connectivity index (χ4v) is 2.12. The van der Waals surface area contributed by atoms with E-state index in [1.807, 2.05) is 0 Å². The first kappa shape index (κ1) is 12.6. The number of hydrogen-bond acceptors (Lipinski definition) is 3. The number of methoxy groups -OCH3 is 1. The van der Waals surface area contributed by atoms with E-state index in [2.05, 4.69) is 38.5 Å². The number of benzene rings is 1. The molecule has 0 saturated heterocycles. The van der Waals surface area contributed by atoms with Crippen molar-refractivity contribution in [2.45, 2.75) is 0 Å². The zero-order chi connectivity index (χ0) is 11.4. The van der Waals surface area contributed by atoms with Gasteiger partial charge in [0.25, 0.3) is 0 Å². The summed E-state index contributed by atoms with van der Waals surface area (Å²) in [5.74, 6) is 0.277. The quantitative estimate of drug-likeness (QED) is 0.348. The number of rotatable bonds is 4. The average molecular weight is 383 g/mol. The summed E-state index contributed by atoms with van der Waals surface area (Å²) >= 11 is 5.14. The van der Waals surface area contributed by atoms with Crippen molar-refractivity contribution in [3.63, 3.8) is 0 Å². The molecule has 15 heavy (non-hydrogen) atoms. The molecule has 0 radical (unpaired) electrons. The van der Waals surface area contributed by atoms with Crippen LogP contribution in [0.25, 0.3) is 0 Å². The van der Waals surface area contributed by atoms with Crippen LogP contribution < -0.4 is 4.74 Å². The molecule has 0 heterocycles. The molecule has 80 valence electrons. The Kier molecular flexibility index (Phi) is 4.72. The Morgan fingerprint density at radius 3 is 2.73 bits per heavy atom. The van der Waals surface area contributed by atoms with E-state index in [1.54, 1.807) is 12.1 Å². The Balaban J connectivity index is 3.43. The Hall–Kier alpha value is -0.430. The third-order valence-corrected chi connectivity index (χ3v) is 2.98. The van der Waals surface area contributed by atoms with Crippen molar-refractivity contribution < 1.29 is 14.3 Å². The van der Waals surface area contributed by atoms with Crippen LogP contribution in [0.2, 0.25) is 0 Å². The van der Waals surface area contributed by atoms with Crippen LogP contribution in [0.3, 0.4) is 0 Å². The number of ether oxygens (including phenoxy) is 1. The minimum Gasteiger partial charge on any atom is -0.496 e. The first-order chi connectivity index (χ1) is 7.13.